The van der Waals surface area contributed by atoms with Crippen LogP contribution in [0, 0.1) is 17.1 Å². The minimum atomic E-state index is -0.328. The van der Waals surface area contributed by atoms with Gasteiger partial charge in [0.2, 0.25) is 0 Å². The molecule has 2 aromatic carbocycles. The first kappa shape index (κ1) is 19.6. The summed E-state index contributed by atoms with van der Waals surface area (Å²) < 4.78 is 19.9. The molecule has 0 unspecified atom stereocenters. The molecule has 0 spiro atoms. The molecular weight excluding hydrogens is 399 g/mol. The number of rotatable bonds is 6. The highest BCUT2D eigenvalue weighted by atomic mass is 32.1. The summed E-state index contributed by atoms with van der Waals surface area (Å²) in [5, 5.41) is 16.8. The van der Waals surface area contributed by atoms with E-state index in [4.69, 9.17) is 9.72 Å². The quantitative estimate of drug-likeness (QED) is 0.318. The van der Waals surface area contributed by atoms with Gasteiger partial charge in [0.25, 0.3) is 0 Å². The summed E-state index contributed by atoms with van der Waals surface area (Å²) >= 11 is 1.47. The van der Waals surface area contributed by atoms with E-state index in [-0.39, 0.29) is 5.82 Å². The molecule has 7 heteroatoms. The van der Waals surface area contributed by atoms with Crippen molar-refractivity contribution < 1.29 is 9.13 Å². The summed E-state index contributed by atoms with van der Waals surface area (Å²) in [4.78, 5) is 4.71. The number of pyridine rings is 1. The minimum absolute atomic E-state index is 0.328. The number of aromatic nitrogens is 1. The maximum Gasteiger partial charge on any atom is 0.155 e. The number of thiophene rings is 1. The number of anilines is 1. The van der Waals surface area contributed by atoms with Crippen molar-refractivity contribution in [2.24, 2.45) is 5.10 Å². The van der Waals surface area contributed by atoms with Gasteiger partial charge in [-0.05, 0) is 48.2 Å². The number of hydrazone groups is 1. The van der Waals surface area contributed by atoms with Gasteiger partial charge < -0.3 is 4.74 Å². The summed E-state index contributed by atoms with van der Waals surface area (Å²) in [7, 11) is 0. The van der Waals surface area contributed by atoms with Gasteiger partial charge in [-0.25, -0.2) is 9.37 Å². The highest BCUT2D eigenvalue weighted by Gasteiger charge is 2.19. The predicted molar refractivity (Wildman–Crippen MR) is 119 cm³/mol. The maximum atomic E-state index is 13.4. The average molecular weight is 416 g/mol. The third kappa shape index (κ3) is 3.86. The number of fused-ring (bicyclic) bond motifs is 1. The van der Waals surface area contributed by atoms with Gasteiger partial charge in [-0.1, -0.05) is 24.3 Å². The Balaban J connectivity index is 1.80. The van der Waals surface area contributed by atoms with Gasteiger partial charge in [0.1, 0.15) is 17.6 Å². The zero-order valence-corrected chi connectivity index (χ0v) is 16.9. The van der Waals surface area contributed by atoms with Crippen molar-refractivity contribution in [2.75, 3.05) is 12.0 Å². The summed E-state index contributed by atoms with van der Waals surface area (Å²) in [6.45, 7) is 2.41. The van der Waals surface area contributed by atoms with Gasteiger partial charge in [-0.15, -0.1) is 11.3 Å². The van der Waals surface area contributed by atoms with Crippen LogP contribution in [0.4, 0.5) is 10.2 Å². The lowest BCUT2D eigenvalue weighted by Gasteiger charge is -2.13. The van der Waals surface area contributed by atoms with Gasteiger partial charge in [-0.2, -0.15) is 10.4 Å². The number of nitrogens with zero attached hydrogens (tertiary/aromatic N) is 3. The maximum absolute atomic E-state index is 13.4. The standard InChI is InChI=1S/C23H17FN4OS/c1-2-29-20-9-4-3-8-17(20)21-19(13-25)22-18(10-11-30-22)23(27-21)28-26-14-15-6-5-7-16(24)12-15/h3-12,14H,2H2,1H3,(H,27,28). The van der Waals surface area contributed by atoms with E-state index in [9.17, 15) is 9.65 Å². The fourth-order valence-electron chi connectivity index (χ4n) is 3.11. The second-order valence-corrected chi connectivity index (χ2v) is 7.23. The number of para-hydroxylation sites is 1. The van der Waals surface area contributed by atoms with Crippen molar-refractivity contribution in [1.82, 2.24) is 4.98 Å². The molecule has 2 heterocycles. The zero-order chi connectivity index (χ0) is 20.9. The van der Waals surface area contributed by atoms with Gasteiger partial charge in [0.15, 0.2) is 5.82 Å². The first-order valence-electron chi connectivity index (χ1n) is 9.29. The van der Waals surface area contributed by atoms with Crippen LogP contribution >= 0.6 is 11.3 Å². The first-order chi connectivity index (χ1) is 14.7. The molecular formula is C23H17FN4OS. The molecule has 0 fully saturated rings. The number of halogens is 1. The molecule has 0 bridgehead atoms. The van der Waals surface area contributed by atoms with Crippen LogP contribution in [0.1, 0.15) is 18.1 Å². The van der Waals surface area contributed by atoms with Crippen LogP contribution in [0.2, 0.25) is 0 Å². The molecule has 0 saturated carbocycles. The number of benzene rings is 2. The molecule has 1 N–H and O–H groups in total. The Bertz CT molecular complexity index is 1280. The van der Waals surface area contributed by atoms with E-state index in [1.165, 1.54) is 29.7 Å². The normalized spacial score (nSPS) is 11.0. The predicted octanol–water partition coefficient (Wildman–Crippen LogP) is 5.82. The van der Waals surface area contributed by atoms with E-state index in [0.717, 1.165) is 15.6 Å². The van der Waals surface area contributed by atoms with Crippen LogP contribution in [0.25, 0.3) is 21.3 Å². The Hall–Kier alpha value is -3.76. The lowest BCUT2D eigenvalue weighted by atomic mass is 10.0. The average Bonchev–Trinajstić information content (AvgIpc) is 3.24. The van der Waals surface area contributed by atoms with E-state index in [2.05, 4.69) is 16.6 Å². The highest BCUT2D eigenvalue weighted by molar-refractivity contribution is 7.17. The third-order valence-corrected chi connectivity index (χ3v) is 5.33. The number of ether oxygens (including phenoxy) is 1. The number of hydrogen-bond donors (Lipinski definition) is 1. The second-order valence-electron chi connectivity index (χ2n) is 6.31. The molecule has 0 aliphatic heterocycles. The lowest BCUT2D eigenvalue weighted by Crippen LogP contribution is -2.00. The number of nitriles is 1. The SMILES string of the molecule is CCOc1ccccc1-c1nc(NN=Cc2cccc(F)c2)c2ccsc2c1C#N. The second kappa shape index (κ2) is 8.72. The Kier molecular flexibility index (Phi) is 5.68. The molecule has 148 valence electrons. The fourth-order valence-corrected chi connectivity index (χ4v) is 4.00. The monoisotopic (exact) mass is 416 g/mol. The summed E-state index contributed by atoms with van der Waals surface area (Å²) in [5.41, 5.74) is 5.33. The molecule has 0 atom stereocenters. The summed E-state index contributed by atoms with van der Waals surface area (Å²) in [6.07, 6.45) is 1.52. The number of hydrogen-bond acceptors (Lipinski definition) is 6. The summed E-state index contributed by atoms with van der Waals surface area (Å²) in [6, 6.07) is 17.8. The van der Waals surface area contributed by atoms with E-state index in [1.54, 1.807) is 12.1 Å². The van der Waals surface area contributed by atoms with E-state index >= 15 is 0 Å². The van der Waals surface area contributed by atoms with E-state index < -0.39 is 0 Å². The minimum Gasteiger partial charge on any atom is -0.493 e. The van der Waals surface area contributed by atoms with Crippen molar-refractivity contribution in [3.8, 4) is 23.1 Å². The van der Waals surface area contributed by atoms with E-state index in [0.29, 0.717) is 35.0 Å². The van der Waals surface area contributed by atoms with Crippen LogP contribution in [0.3, 0.4) is 0 Å². The van der Waals surface area contributed by atoms with Gasteiger partial charge in [0, 0.05) is 10.9 Å². The van der Waals surface area contributed by atoms with Crippen LogP contribution < -0.4 is 10.2 Å². The Morgan fingerprint density at radius 3 is 2.90 bits per heavy atom. The molecule has 0 amide bonds. The Morgan fingerprint density at radius 2 is 2.10 bits per heavy atom. The van der Waals surface area contributed by atoms with E-state index in [1.807, 2.05) is 42.6 Å². The smallest absolute Gasteiger partial charge is 0.155 e. The van der Waals surface area contributed by atoms with Gasteiger partial charge in [-0.3, -0.25) is 5.43 Å². The van der Waals surface area contributed by atoms with Crippen molar-refractivity contribution >= 4 is 33.5 Å². The summed E-state index contributed by atoms with van der Waals surface area (Å²) in [5.74, 6) is 0.846. The largest absolute Gasteiger partial charge is 0.493 e. The zero-order valence-electron chi connectivity index (χ0n) is 16.1. The van der Waals surface area contributed by atoms with Crippen LogP contribution in [-0.2, 0) is 0 Å². The molecule has 0 aliphatic rings. The number of nitrogens with one attached hydrogen (secondary N) is 1. The lowest BCUT2D eigenvalue weighted by molar-refractivity contribution is 0.341. The van der Waals surface area contributed by atoms with Crippen molar-refractivity contribution in [1.29, 1.82) is 5.26 Å². The van der Waals surface area contributed by atoms with Crippen LogP contribution in [-0.4, -0.2) is 17.8 Å². The molecule has 30 heavy (non-hydrogen) atoms. The molecule has 4 aromatic rings. The fraction of sp³-hybridized carbons (Fsp3) is 0.0870. The first-order valence-corrected chi connectivity index (χ1v) is 10.2. The molecule has 2 aromatic heterocycles. The van der Waals surface area contributed by atoms with Crippen LogP contribution in [0.15, 0.2) is 65.1 Å². The Labute approximate surface area is 177 Å². The van der Waals surface area contributed by atoms with Crippen molar-refractivity contribution in [2.45, 2.75) is 6.92 Å². The van der Waals surface area contributed by atoms with Crippen LogP contribution in [0.5, 0.6) is 5.75 Å². The van der Waals surface area contributed by atoms with Crippen molar-refractivity contribution in [3.05, 3.63) is 76.9 Å². The highest BCUT2D eigenvalue weighted by Crippen LogP contribution is 2.38. The Morgan fingerprint density at radius 1 is 1.23 bits per heavy atom. The topological polar surface area (TPSA) is 70.3 Å². The molecule has 0 radical (unpaired) electrons. The van der Waals surface area contributed by atoms with Crippen molar-refractivity contribution in [3.63, 3.8) is 0 Å². The van der Waals surface area contributed by atoms with Gasteiger partial charge in [0.05, 0.1) is 28.8 Å². The molecule has 0 saturated heterocycles. The molecule has 0 aliphatic carbocycles. The molecule has 5 nitrogen and oxygen atoms in total. The van der Waals surface area contributed by atoms with Gasteiger partial charge >= 0.3 is 0 Å². The molecule has 4 rings (SSSR count). The third-order valence-electron chi connectivity index (χ3n) is 4.39.